The Morgan fingerprint density at radius 2 is 1.94 bits per heavy atom. The summed E-state index contributed by atoms with van der Waals surface area (Å²) in [6.07, 6.45) is 1.84. The van der Waals surface area contributed by atoms with E-state index in [1.165, 1.54) is 6.07 Å². The summed E-state index contributed by atoms with van der Waals surface area (Å²) < 4.78 is 19.8. The molecule has 0 spiro atoms. The molecule has 1 N–H and O–H groups in total. The van der Waals surface area contributed by atoms with E-state index in [2.05, 4.69) is 32.5 Å². The van der Waals surface area contributed by atoms with Gasteiger partial charge in [0.25, 0.3) is 0 Å². The summed E-state index contributed by atoms with van der Waals surface area (Å²) in [4.78, 5) is 13.2. The molecule has 0 saturated heterocycles. The molecule has 4 rings (SSSR count). The minimum atomic E-state index is -0.452. The number of aromatic hydroxyl groups is 1. The molecule has 8 nitrogen and oxygen atoms in total. The van der Waals surface area contributed by atoms with Gasteiger partial charge in [0, 0.05) is 11.6 Å². The van der Waals surface area contributed by atoms with Crippen LogP contribution in [0.5, 0.6) is 11.5 Å². The van der Waals surface area contributed by atoms with Crippen LogP contribution in [0.1, 0.15) is 38.4 Å². The largest absolute Gasteiger partial charge is 0.505 e. The molecule has 0 aliphatic carbocycles. The highest BCUT2D eigenvalue weighted by atomic mass is 32.1. The van der Waals surface area contributed by atoms with Crippen molar-refractivity contribution in [3.8, 4) is 17.2 Å². The van der Waals surface area contributed by atoms with E-state index in [1.807, 2.05) is 26.2 Å². The molecule has 1 atom stereocenters. The zero-order chi connectivity index (χ0) is 22.1. The van der Waals surface area contributed by atoms with E-state index in [1.54, 1.807) is 19.1 Å². The molecule has 0 bridgehead atoms. The van der Waals surface area contributed by atoms with Gasteiger partial charge in [-0.05, 0) is 56.1 Å². The first-order chi connectivity index (χ1) is 15.0. The van der Waals surface area contributed by atoms with E-state index in [0.717, 1.165) is 29.4 Å². The number of carbonyl (C=O) groups excluding carboxylic acids is 1. The van der Waals surface area contributed by atoms with Crippen molar-refractivity contribution in [1.82, 2.24) is 14.1 Å². The number of ether oxygens (including phenoxy) is 2. The van der Waals surface area contributed by atoms with Crippen molar-refractivity contribution in [3.63, 3.8) is 0 Å². The molecule has 0 aliphatic rings. The van der Waals surface area contributed by atoms with Crippen molar-refractivity contribution >= 4 is 29.9 Å². The van der Waals surface area contributed by atoms with Gasteiger partial charge >= 0.3 is 5.97 Å². The fourth-order valence-electron chi connectivity index (χ4n) is 3.49. The van der Waals surface area contributed by atoms with Gasteiger partial charge in [-0.15, -0.1) is 14.1 Å². The first-order valence-corrected chi connectivity index (χ1v) is 10.5. The molecule has 2 aromatic carbocycles. The summed E-state index contributed by atoms with van der Waals surface area (Å²) in [6.45, 7) is 7.51. The van der Waals surface area contributed by atoms with Crippen molar-refractivity contribution in [1.29, 1.82) is 0 Å². The van der Waals surface area contributed by atoms with Crippen LogP contribution in [-0.4, -0.2) is 38.3 Å². The lowest BCUT2D eigenvalue weighted by molar-refractivity contribution is -0.139. The highest BCUT2D eigenvalue weighted by Crippen LogP contribution is 2.35. The third-order valence-electron chi connectivity index (χ3n) is 5.08. The van der Waals surface area contributed by atoms with Crippen LogP contribution in [0.2, 0.25) is 0 Å². The number of esters is 1. The van der Waals surface area contributed by atoms with Gasteiger partial charge in [0.1, 0.15) is 41.4 Å². The smallest absolute Gasteiger partial charge is 0.333 e. The third-order valence-corrected chi connectivity index (χ3v) is 5.34. The van der Waals surface area contributed by atoms with Gasteiger partial charge in [0.05, 0.1) is 6.10 Å². The maximum Gasteiger partial charge on any atom is 0.333 e. The highest BCUT2D eigenvalue weighted by molar-refractivity contribution is 7.75. The summed E-state index contributed by atoms with van der Waals surface area (Å²) in [5, 5.41) is 10.5. The summed E-state index contributed by atoms with van der Waals surface area (Å²) in [5.74, 6) is 0.117. The number of rotatable bonds is 10. The molecule has 0 saturated carbocycles. The highest BCUT2D eigenvalue weighted by Gasteiger charge is 2.27. The van der Waals surface area contributed by atoms with Crippen molar-refractivity contribution in [2.24, 2.45) is 0 Å². The molecule has 4 aromatic rings. The van der Waals surface area contributed by atoms with E-state index < -0.39 is 5.97 Å². The maximum atomic E-state index is 11.4. The van der Waals surface area contributed by atoms with Gasteiger partial charge in [0.2, 0.25) is 0 Å². The van der Waals surface area contributed by atoms with Crippen LogP contribution in [0.3, 0.4) is 0 Å². The molecule has 1 unspecified atom stereocenters. The summed E-state index contributed by atoms with van der Waals surface area (Å²) in [5.41, 5.74) is 4.14. The fraction of sp³-hybridized carbons (Fsp3) is 0.318. The topological polar surface area (TPSA) is 78.7 Å². The minimum absolute atomic E-state index is 0.0550. The van der Waals surface area contributed by atoms with Crippen LogP contribution >= 0.6 is 12.9 Å². The summed E-state index contributed by atoms with van der Waals surface area (Å²) >= 11 is 4.01. The molecule has 31 heavy (non-hydrogen) atoms. The first-order valence-electron chi connectivity index (χ1n) is 10.1. The quantitative estimate of drug-likeness (QED) is 0.125. The van der Waals surface area contributed by atoms with E-state index in [0.29, 0.717) is 17.0 Å². The maximum absolute atomic E-state index is 11.4. The van der Waals surface area contributed by atoms with Crippen LogP contribution < -0.4 is 4.74 Å². The number of hydrogen-bond donors (Lipinski definition) is 2. The van der Waals surface area contributed by atoms with Gasteiger partial charge in [-0.1, -0.05) is 26.0 Å². The Morgan fingerprint density at radius 3 is 2.61 bits per heavy atom. The van der Waals surface area contributed by atoms with Crippen LogP contribution in [0, 0.1) is 0 Å². The normalized spacial score (nSPS) is 12.6. The summed E-state index contributed by atoms with van der Waals surface area (Å²) in [7, 11) is 0. The zero-order valence-electron chi connectivity index (χ0n) is 17.4. The van der Waals surface area contributed by atoms with Crippen molar-refractivity contribution in [2.75, 3.05) is 13.2 Å². The standard InChI is InChI=1S/C22H25N3O5S/c1-4-5-21(30-31)15-6-8-17-19(12-15)25-23(17)24(25)18-9-7-16(13-20(18)26)28-10-11-29-22(27)14(2)3/h6-9,12-13,21,26,31H,2,4-5,10-11H2,1,3H3. The SMILES string of the molecule is C=C(C)C(=O)OCCOc1ccc(-n2n3c4ccc(C(CCC)OS)cc4n23)c(O)c1. The minimum Gasteiger partial charge on any atom is -0.505 e. The number of benzene rings is 2. The second kappa shape index (κ2) is 8.60. The number of fused-ring (bicyclic) bond motifs is 4. The lowest BCUT2D eigenvalue weighted by Crippen LogP contribution is -2.12. The molecule has 0 amide bonds. The second-order valence-electron chi connectivity index (χ2n) is 7.41. The Labute approximate surface area is 185 Å². The van der Waals surface area contributed by atoms with E-state index in [-0.39, 0.29) is 25.1 Å². The Balaban J connectivity index is 1.47. The van der Waals surface area contributed by atoms with E-state index in [9.17, 15) is 9.90 Å². The monoisotopic (exact) mass is 443 g/mol. The average molecular weight is 444 g/mol. The lowest BCUT2D eigenvalue weighted by atomic mass is 10.0. The Morgan fingerprint density at radius 1 is 1.16 bits per heavy atom. The molecule has 2 heterocycles. The number of nitrogens with zero attached hydrogens (tertiary/aromatic N) is 3. The van der Waals surface area contributed by atoms with Gasteiger partial charge in [-0.3, -0.25) is 0 Å². The molecular formula is C22H25N3O5S. The number of thiol groups is 1. The number of phenolic OH excluding ortho intramolecular Hbond substituents is 1. The molecule has 0 aliphatic heterocycles. The first kappa shape index (κ1) is 21.2. The second-order valence-corrected chi connectivity index (χ2v) is 7.63. The average Bonchev–Trinajstić information content (AvgIpc) is 3.41. The van der Waals surface area contributed by atoms with Crippen LogP contribution in [0.4, 0.5) is 0 Å². The molecular weight excluding hydrogens is 418 g/mol. The van der Waals surface area contributed by atoms with Crippen LogP contribution in [0.25, 0.3) is 16.7 Å². The third kappa shape index (κ3) is 3.98. The van der Waals surface area contributed by atoms with Crippen molar-refractivity contribution < 1.29 is 23.6 Å². The Bertz CT molecular complexity index is 1220. The zero-order valence-corrected chi connectivity index (χ0v) is 18.3. The number of hydrogen-bond acceptors (Lipinski definition) is 6. The van der Waals surface area contributed by atoms with Gasteiger partial charge < -0.3 is 18.8 Å². The number of carbonyl (C=O) groups is 1. The van der Waals surface area contributed by atoms with Crippen LogP contribution in [-0.2, 0) is 13.7 Å². The van der Waals surface area contributed by atoms with Gasteiger partial charge in [-0.25, -0.2) is 4.79 Å². The van der Waals surface area contributed by atoms with Gasteiger partial charge in [0.15, 0.2) is 0 Å². The molecule has 9 heteroatoms. The summed E-state index contributed by atoms with van der Waals surface area (Å²) in [6, 6.07) is 11.2. The molecule has 164 valence electrons. The van der Waals surface area contributed by atoms with Gasteiger partial charge in [-0.2, -0.15) is 0 Å². The van der Waals surface area contributed by atoms with Crippen molar-refractivity contribution in [2.45, 2.75) is 32.8 Å². The predicted octanol–water partition coefficient (Wildman–Crippen LogP) is 4.33. The van der Waals surface area contributed by atoms with Crippen LogP contribution in [0.15, 0.2) is 48.6 Å². The lowest BCUT2D eigenvalue weighted by Gasteiger charge is -2.13. The fourth-order valence-corrected chi connectivity index (χ4v) is 3.71. The predicted molar refractivity (Wildman–Crippen MR) is 120 cm³/mol. The van der Waals surface area contributed by atoms with Crippen molar-refractivity contribution in [3.05, 3.63) is 54.1 Å². The number of aromatic nitrogens is 3. The molecule has 0 radical (unpaired) electrons. The molecule has 0 fully saturated rings. The Hall–Kier alpha value is -3.04. The number of phenols is 1. The molecule has 2 aromatic heterocycles. The van der Waals surface area contributed by atoms with E-state index in [4.69, 9.17) is 13.7 Å². The van der Waals surface area contributed by atoms with E-state index >= 15 is 0 Å². The Kier molecular flexibility index (Phi) is 5.88.